The molecule has 2 N–H and O–H groups in total. The van der Waals surface area contributed by atoms with Crippen molar-refractivity contribution in [1.29, 1.82) is 0 Å². The Hall–Kier alpha value is -2.29. The van der Waals surface area contributed by atoms with Gasteiger partial charge in [-0.25, -0.2) is 4.68 Å². The third-order valence-corrected chi connectivity index (χ3v) is 7.59. The van der Waals surface area contributed by atoms with Crippen LogP contribution in [-0.4, -0.2) is 56.7 Å². The molecule has 0 atom stereocenters. The van der Waals surface area contributed by atoms with Gasteiger partial charge < -0.3 is 19.4 Å². The fraction of sp³-hybridized carbons (Fsp3) is 0.391. The summed E-state index contributed by atoms with van der Waals surface area (Å²) in [5.41, 5.74) is -0.151. The van der Waals surface area contributed by atoms with E-state index in [1.54, 1.807) is 12.1 Å². The highest BCUT2D eigenvalue weighted by Gasteiger charge is 2.23. The maximum absolute atomic E-state index is 13.2. The number of hydrogen-bond acceptors (Lipinski definition) is 8. The Morgan fingerprint density at radius 3 is 2.60 bits per heavy atom. The van der Waals surface area contributed by atoms with Crippen molar-refractivity contribution < 1.29 is 19.3 Å². The van der Waals surface area contributed by atoms with E-state index in [0.29, 0.717) is 33.9 Å². The van der Waals surface area contributed by atoms with Gasteiger partial charge in [0.25, 0.3) is 5.56 Å². The fourth-order valence-electron chi connectivity index (χ4n) is 4.23. The molecule has 0 spiro atoms. The highest BCUT2D eigenvalue weighted by atomic mass is 35.5. The minimum absolute atomic E-state index is 0.175. The highest BCUT2D eigenvalue weighted by Crippen LogP contribution is 2.32. The van der Waals surface area contributed by atoms with E-state index in [2.05, 4.69) is 15.0 Å². The number of aromatic nitrogens is 3. The van der Waals surface area contributed by atoms with Crippen molar-refractivity contribution in [3.63, 3.8) is 0 Å². The summed E-state index contributed by atoms with van der Waals surface area (Å²) in [6, 6.07) is 6.34. The number of piperidine rings is 1. The van der Waals surface area contributed by atoms with E-state index in [1.165, 1.54) is 25.4 Å². The molecule has 0 aliphatic carbocycles. The molecule has 1 fully saturated rings. The Bertz CT molecular complexity index is 1290. The Morgan fingerprint density at radius 1 is 1.20 bits per heavy atom. The van der Waals surface area contributed by atoms with Crippen molar-refractivity contribution in [2.45, 2.75) is 25.8 Å². The maximum Gasteiger partial charge on any atom is 0.280 e. The van der Waals surface area contributed by atoms with E-state index in [0.717, 1.165) is 37.0 Å². The molecule has 1 saturated heterocycles. The molecule has 0 saturated carbocycles. The third-order valence-electron chi connectivity index (χ3n) is 6.19. The van der Waals surface area contributed by atoms with Gasteiger partial charge in [-0.15, -0.1) is 0 Å². The van der Waals surface area contributed by atoms with Gasteiger partial charge in [-0.1, -0.05) is 23.2 Å². The lowest BCUT2D eigenvalue weighted by atomic mass is 9.94. The van der Waals surface area contributed by atoms with Crippen LogP contribution in [-0.2, 0) is 6.54 Å². The zero-order chi connectivity index (χ0) is 25.1. The molecule has 1 aliphatic rings. The SMILES string of the molecule is COc1nc(N2CCC(CCP(O)O)CC2)cc2cnn(CC(=O)c3ccc(Cl)c(Cl)c3)c(=O)c12. The van der Waals surface area contributed by atoms with Gasteiger partial charge in [0.2, 0.25) is 5.88 Å². The van der Waals surface area contributed by atoms with Crippen LogP contribution in [0.2, 0.25) is 10.0 Å². The largest absolute Gasteiger partial charge is 0.480 e. The average Bonchev–Trinajstić information content (AvgIpc) is 2.85. The van der Waals surface area contributed by atoms with Gasteiger partial charge in [0.15, 0.2) is 14.2 Å². The van der Waals surface area contributed by atoms with Gasteiger partial charge in [0.05, 0.1) is 23.4 Å². The molecule has 0 unspecified atom stereocenters. The normalized spacial score (nSPS) is 14.6. The predicted molar refractivity (Wildman–Crippen MR) is 137 cm³/mol. The number of fused-ring (bicyclic) bond motifs is 1. The van der Waals surface area contributed by atoms with Crippen molar-refractivity contribution in [2.75, 3.05) is 31.3 Å². The van der Waals surface area contributed by atoms with Crippen molar-refractivity contribution in [2.24, 2.45) is 5.92 Å². The molecule has 9 nitrogen and oxygen atoms in total. The van der Waals surface area contributed by atoms with Crippen LogP contribution in [0.15, 0.2) is 35.3 Å². The van der Waals surface area contributed by atoms with Gasteiger partial charge in [-0.3, -0.25) is 9.59 Å². The summed E-state index contributed by atoms with van der Waals surface area (Å²) >= 11 is 11.9. The lowest BCUT2D eigenvalue weighted by molar-refractivity contribution is 0.0966. The molecule has 0 radical (unpaired) electrons. The van der Waals surface area contributed by atoms with Crippen molar-refractivity contribution in [1.82, 2.24) is 14.8 Å². The first kappa shape index (κ1) is 25.8. The number of carbonyl (C=O) groups excluding carboxylic acids is 1. The van der Waals surface area contributed by atoms with E-state index in [9.17, 15) is 9.59 Å². The number of carbonyl (C=O) groups is 1. The Kier molecular flexibility index (Phi) is 8.24. The average molecular weight is 539 g/mol. The third kappa shape index (κ3) is 5.93. The molecule has 3 aromatic rings. The van der Waals surface area contributed by atoms with Gasteiger partial charge in [0, 0.05) is 30.2 Å². The first-order valence-corrected chi connectivity index (χ1v) is 13.3. The Morgan fingerprint density at radius 2 is 1.94 bits per heavy atom. The number of halogens is 2. The molecule has 3 heterocycles. The Labute approximate surface area is 213 Å². The molecule has 1 aromatic carbocycles. The molecule has 186 valence electrons. The molecular formula is C23H25Cl2N4O5P. The summed E-state index contributed by atoms with van der Waals surface area (Å²) < 4.78 is 6.53. The molecule has 12 heteroatoms. The summed E-state index contributed by atoms with van der Waals surface area (Å²) in [6.07, 6.45) is 4.60. The van der Waals surface area contributed by atoms with Gasteiger partial charge in [-0.05, 0) is 49.4 Å². The van der Waals surface area contributed by atoms with Crippen LogP contribution in [0.5, 0.6) is 5.88 Å². The lowest BCUT2D eigenvalue weighted by Crippen LogP contribution is -2.34. The number of methoxy groups -OCH3 is 1. The minimum Gasteiger partial charge on any atom is -0.480 e. The summed E-state index contributed by atoms with van der Waals surface area (Å²) in [5, 5.41) is 5.62. The number of Topliss-reactive ketones (excluding diaryl/α,β-unsaturated/α-hetero) is 1. The van der Waals surface area contributed by atoms with E-state index >= 15 is 0 Å². The number of nitrogens with zero attached hydrogens (tertiary/aromatic N) is 4. The second-order valence-corrected chi connectivity index (χ2v) is 10.4. The van der Waals surface area contributed by atoms with Crippen LogP contribution in [0.25, 0.3) is 10.8 Å². The van der Waals surface area contributed by atoms with Crippen LogP contribution in [0, 0.1) is 5.92 Å². The van der Waals surface area contributed by atoms with E-state index in [1.807, 2.05) is 0 Å². The number of hydrogen-bond donors (Lipinski definition) is 2. The summed E-state index contributed by atoms with van der Waals surface area (Å²) in [5.74, 6) is 0.970. The first-order chi connectivity index (χ1) is 16.8. The molecular weight excluding hydrogens is 514 g/mol. The molecule has 0 amide bonds. The van der Waals surface area contributed by atoms with Crippen LogP contribution < -0.4 is 15.2 Å². The van der Waals surface area contributed by atoms with Crippen LogP contribution in [0.1, 0.15) is 29.6 Å². The van der Waals surface area contributed by atoms with Crippen molar-refractivity contribution in [3.8, 4) is 5.88 Å². The number of pyridine rings is 1. The van der Waals surface area contributed by atoms with E-state index in [4.69, 9.17) is 37.7 Å². The number of benzene rings is 1. The minimum atomic E-state index is -1.85. The number of ether oxygens (including phenoxy) is 1. The van der Waals surface area contributed by atoms with Gasteiger partial charge in [-0.2, -0.15) is 10.1 Å². The topological polar surface area (TPSA) is 118 Å². The lowest BCUT2D eigenvalue weighted by Gasteiger charge is -2.33. The quantitative estimate of drug-likeness (QED) is 0.327. The molecule has 1 aliphatic heterocycles. The first-order valence-electron chi connectivity index (χ1n) is 11.1. The smallest absolute Gasteiger partial charge is 0.280 e. The number of anilines is 1. The van der Waals surface area contributed by atoms with Crippen LogP contribution in [0.4, 0.5) is 5.82 Å². The van der Waals surface area contributed by atoms with Crippen molar-refractivity contribution >= 4 is 54.0 Å². The second-order valence-electron chi connectivity index (χ2n) is 8.43. The standard InChI is InChI=1S/C23H25Cl2N4O5P/c1-34-22-21-16(11-20(27-22)28-7-4-14(5-8-28)6-9-35(32)33)12-26-29(23(21)31)13-19(30)15-2-3-17(24)18(25)10-15/h2-3,10-12,14,32-33H,4-9,13H2,1H3. The van der Waals surface area contributed by atoms with Crippen LogP contribution >= 0.6 is 31.6 Å². The van der Waals surface area contributed by atoms with E-state index < -0.39 is 13.9 Å². The summed E-state index contributed by atoms with van der Waals surface area (Å²) in [6.45, 7) is 1.27. The highest BCUT2D eigenvalue weighted by molar-refractivity contribution is 7.45. The fourth-order valence-corrected chi connectivity index (χ4v) is 5.12. The molecule has 0 bridgehead atoms. The van der Waals surface area contributed by atoms with Gasteiger partial charge in [0.1, 0.15) is 17.7 Å². The Balaban J connectivity index is 1.56. The maximum atomic E-state index is 13.2. The molecule has 4 rings (SSSR count). The van der Waals surface area contributed by atoms with Crippen molar-refractivity contribution in [3.05, 3.63) is 56.4 Å². The van der Waals surface area contributed by atoms with E-state index in [-0.39, 0.29) is 28.6 Å². The number of ketones is 1. The predicted octanol–water partition coefficient (Wildman–Crippen LogP) is 3.89. The zero-order valence-electron chi connectivity index (χ0n) is 19.0. The molecule has 35 heavy (non-hydrogen) atoms. The monoisotopic (exact) mass is 538 g/mol. The summed E-state index contributed by atoms with van der Waals surface area (Å²) in [7, 11) is -0.399. The van der Waals surface area contributed by atoms with Gasteiger partial charge >= 0.3 is 0 Å². The zero-order valence-corrected chi connectivity index (χ0v) is 21.4. The van der Waals surface area contributed by atoms with Crippen LogP contribution in [0.3, 0.4) is 0 Å². The summed E-state index contributed by atoms with van der Waals surface area (Å²) in [4.78, 5) is 50.9. The number of rotatable bonds is 8. The molecule has 2 aromatic heterocycles. The second kappa shape index (κ2) is 11.2.